The maximum atomic E-state index is 14.3. The summed E-state index contributed by atoms with van der Waals surface area (Å²) in [6.07, 6.45) is 0. The first-order chi connectivity index (χ1) is 9.54. The average molecular weight is 276 g/mol. The Morgan fingerprint density at radius 1 is 1.25 bits per heavy atom. The first kappa shape index (κ1) is 13.1. The number of piperazine rings is 1. The van der Waals surface area contributed by atoms with Crippen molar-refractivity contribution in [3.63, 3.8) is 0 Å². The fraction of sp³-hybridized carbons (Fsp3) is 0.429. The van der Waals surface area contributed by atoms with Gasteiger partial charge in [0.25, 0.3) is 5.56 Å². The SMILES string of the molecule is Cc1nc2cc(F)c(N3CCN(C)CC3)cc2c(=O)[nH]1. The van der Waals surface area contributed by atoms with E-state index in [1.807, 2.05) is 11.9 Å². The molecule has 1 aliphatic rings. The van der Waals surface area contributed by atoms with Crippen molar-refractivity contribution in [1.82, 2.24) is 14.9 Å². The van der Waals surface area contributed by atoms with E-state index in [9.17, 15) is 9.18 Å². The van der Waals surface area contributed by atoms with Crippen LogP contribution in [0.1, 0.15) is 5.82 Å². The minimum absolute atomic E-state index is 0.220. The van der Waals surface area contributed by atoms with E-state index in [-0.39, 0.29) is 11.4 Å². The number of aryl methyl sites for hydroxylation is 1. The van der Waals surface area contributed by atoms with Crippen molar-refractivity contribution in [2.45, 2.75) is 6.92 Å². The maximum Gasteiger partial charge on any atom is 0.258 e. The Morgan fingerprint density at radius 3 is 2.65 bits per heavy atom. The lowest BCUT2D eigenvalue weighted by Gasteiger charge is -2.34. The Morgan fingerprint density at radius 2 is 1.95 bits per heavy atom. The molecule has 106 valence electrons. The van der Waals surface area contributed by atoms with Gasteiger partial charge in [0.2, 0.25) is 0 Å². The van der Waals surface area contributed by atoms with Gasteiger partial charge in [-0.2, -0.15) is 0 Å². The highest BCUT2D eigenvalue weighted by Gasteiger charge is 2.18. The number of halogens is 1. The molecule has 0 aliphatic carbocycles. The van der Waals surface area contributed by atoms with Crippen LogP contribution in [0.15, 0.2) is 16.9 Å². The minimum Gasteiger partial charge on any atom is -0.367 e. The number of aromatic nitrogens is 2. The van der Waals surface area contributed by atoms with Crippen molar-refractivity contribution in [2.75, 3.05) is 38.1 Å². The number of hydrogen-bond acceptors (Lipinski definition) is 4. The zero-order valence-corrected chi connectivity index (χ0v) is 11.6. The number of likely N-dealkylation sites (N-methyl/N-ethyl adjacent to an activating group) is 1. The van der Waals surface area contributed by atoms with Gasteiger partial charge >= 0.3 is 0 Å². The molecule has 0 atom stereocenters. The molecule has 20 heavy (non-hydrogen) atoms. The number of fused-ring (bicyclic) bond motifs is 1. The van der Waals surface area contributed by atoms with Crippen molar-refractivity contribution in [3.05, 3.63) is 34.1 Å². The van der Waals surface area contributed by atoms with Gasteiger partial charge in [-0.25, -0.2) is 9.37 Å². The summed E-state index contributed by atoms with van der Waals surface area (Å²) in [5.41, 5.74) is 0.672. The molecule has 0 radical (unpaired) electrons. The molecule has 0 amide bonds. The van der Waals surface area contributed by atoms with Crippen LogP contribution in [-0.2, 0) is 0 Å². The first-order valence-corrected chi connectivity index (χ1v) is 6.68. The van der Waals surface area contributed by atoms with E-state index in [1.165, 1.54) is 6.07 Å². The third-order valence-corrected chi connectivity index (χ3v) is 3.74. The molecular weight excluding hydrogens is 259 g/mol. The molecule has 1 saturated heterocycles. The van der Waals surface area contributed by atoms with Crippen LogP contribution in [-0.4, -0.2) is 48.1 Å². The van der Waals surface area contributed by atoms with Gasteiger partial charge in [0.1, 0.15) is 11.6 Å². The summed E-state index contributed by atoms with van der Waals surface area (Å²) in [7, 11) is 2.05. The van der Waals surface area contributed by atoms with Crippen LogP contribution in [0.5, 0.6) is 0 Å². The molecule has 1 aliphatic heterocycles. The van der Waals surface area contributed by atoms with Crippen molar-refractivity contribution >= 4 is 16.6 Å². The van der Waals surface area contributed by atoms with Crippen LogP contribution in [0.2, 0.25) is 0 Å². The normalized spacial score (nSPS) is 16.9. The quantitative estimate of drug-likeness (QED) is 0.848. The van der Waals surface area contributed by atoms with Gasteiger partial charge in [-0.1, -0.05) is 0 Å². The molecule has 6 heteroatoms. The lowest BCUT2D eigenvalue weighted by Crippen LogP contribution is -2.44. The van der Waals surface area contributed by atoms with E-state index in [1.54, 1.807) is 13.0 Å². The second-order valence-electron chi connectivity index (χ2n) is 5.26. The molecule has 0 spiro atoms. The second-order valence-corrected chi connectivity index (χ2v) is 5.26. The third kappa shape index (κ3) is 2.27. The van der Waals surface area contributed by atoms with E-state index in [0.29, 0.717) is 22.4 Å². The topological polar surface area (TPSA) is 52.2 Å². The largest absolute Gasteiger partial charge is 0.367 e. The van der Waals surface area contributed by atoms with Crippen LogP contribution in [0.25, 0.3) is 10.9 Å². The summed E-state index contributed by atoms with van der Waals surface area (Å²) in [6, 6.07) is 2.96. The molecule has 0 bridgehead atoms. The second kappa shape index (κ2) is 4.86. The summed E-state index contributed by atoms with van der Waals surface area (Å²) < 4.78 is 14.3. The zero-order valence-electron chi connectivity index (χ0n) is 11.6. The summed E-state index contributed by atoms with van der Waals surface area (Å²) in [6.45, 7) is 4.99. The number of nitrogens with zero attached hydrogens (tertiary/aromatic N) is 3. The molecule has 1 fully saturated rings. The molecule has 1 N–H and O–H groups in total. The Hall–Kier alpha value is -1.95. The van der Waals surface area contributed by atoms with E-state index >= 15 is 0 Å². The number of H-pyrrole nitrogens is 1. The molecule has 1 aromatic heterocycles. The highest BCUT2D eigenvalue weighted by molar-refractivity contribution is 5.82. The third-order valence-electron chi connectivity index (χ3n) is 3.74. The average Bonchev–Trinajstić information content (AvgIpc) is 2.39. The van der Waals surface area contributed by atoms with Gasteiger partial charge in [0.05, 0.1) is 16.6 Å². The van der Waals surface area contributed by atoms with Gasteiger partial charge in [-0.15, -0.1) is 0 Å². The predicted molar refractivity (Wildman–Crippen MR) is 76.8 cm³/mol. The smallest absolute Gasteiger partial charge is 0.258 e. The van der Waals surface area contributed by atoms with Gasteiger partial charge < -0.3 is 14.8 Å². The molecule has 1 aromatic carbocycles. The number of nitrogens with one attached hydrogen (secondary N) is 1. The molecule has 2 heterocycles. The Kier molecular flexibility index (Phi) is 3.17. The van der Waals surface area contributed by atoms with Gasteiger partial charge in [-0.05, 0) is 20.0 Å². The van der Waals surface area contributed by atoms with Crippen LogP contribution in [0.3, 0.4) is 0 Å². The Balaban J connectivity index is 2.08. The predicted octanol–water partition coefficient (Wildman–Crippen LogP) is 1.12. The summed E-state index contributed by atoms with van der Waals surface area (Å²) >= 11 is 0. The number of aromatic amines is 1. The van der Waals surface area contributed by atoms with Crippen LogP contribution < -0.4 is 10.5 Å². The zero-order chi connectivity index (χ0) is 14.3. The first-order valence-electron chi connectivity index (χ1n) is 6.68. The maximum absolute atomic E-state index is 14.3. The van der Waals surface area contributed by atoms with Gasteiger partial charge in [0, 0.05) is 32.2 Å². The molecule has 0 unspecified atom stereocenters. The molecule has 3 rings (SSSR count). The monoisotopic (exact) mass is 276 g/mol. The highest BCUT2D eigenvalue weighted by atomic mass is 19.1. The fourth-order valence-electron chi connectivity index (χ4n) is 2.56. The van der Waals surface area contributed by atoms with Gasteiger partial charge in [-0.3, -0.25) is 4.79 Å². The van der Waals surface area contributed by atoms with Crippen molar-refractivity contribution in [2.24, 2.45) is 0 Å². The number of rotatable bonds is 1. The van der Waals surface area contributed by atoms with Crippen molar-refractivity contribution in [1.29, 1.82) is 0 Å². The minimum atomic E-state index is -0.320. The summed E-state index contributed by atoms with van der Waals surface area (Å²) in [5, 5.41) is 0.436. The van der Waals surface area contributed by atoms with E-state index in [0.717, 1.165) is 26.2 Å². The highest BCUT2D eigenvalue weighted by Crippen LogP contribution is 2.24. The number of hydrogen-bond donors (Lipinski definition) is 1. The van der Waals surface area contributed by atoms with Crippen molar-refractivity contribution in [3.8, 4) is 0 Å². The summed E-state index contributed by atoms with van der Waals surface area (Å²) in [4.78, 5) is 23.0. The van der Waals surface area contributed by atoms with Gasteiger partial charge in [0.15, 0.2) is 0 Å². The van der Waals surface area contributed by atoms with Crippen LogP contribution in [0.4, 0.5) is 10.1 Å². The fourth-order valence-corrected chi connectivity index (χ4v) is 2.56. The lowest BCUT2D eigenvalue weighted by molar-refractivity contribution is 0.312. The van der Waals surface area contributed by atoms with E-state index in [4.69, 9.17) is 0 Å². The van der Waals surface area contributed by atoms with E-state index < -0.39 is 0 Å². The molecule has 0 saturated carbocycles. The molecular formula is C14H17FN4O. The van der Waals surface area contributed by atoms with Crippen LogP contribution >= 0.6 is 0 Å². The standard InChI is InChI=1S/C14H17FN4O/c1-9-16-12-8-11(15)13(7-10(12)14(20)17-9)19-5-3-18(2)4-6-19/h7-8H,3-6H2,1-2H3,(H,16,17,20). The van der Waals surface area contributed by atoms with Crippen LogP contribution in [0, 0.1) is 12.7 Å². The lowest BCUT2D eigenvalue weighted by atomic mass is 10.1. The van der Waals surface area contributed by atoms with Crippen molar-refractivity contribution < 1.29 is 4.39 Å². The van der Waals surface area contributed by atoms with E-state index in [2.05, 4.69) is 14.9 Å². The Bertz CT molecular complexity index is 704. The molecule has 5 nitrogen and oxygen atoms in total. The number of benzene rings is 1. The molecule has 2 aromatic rings. The number of anilines is 1. The Labute approximate surface area is 116 Å². The summed E-state index contributed by atoms with van der Waals surface area (Å²) in [5.74, 6) is 0.175.